The quantitative estimate of drug-likeness (QED) is 0.901. The molecule has 0 saturated carbocycles. The molecule has 4 nitrogen and oxygen atoms in total. The number of pyridine rings is 1. The van der Waals surface area contributed by atoms with Gasteiger partial charge < -0.3 is 9.72 Å². The second-order valence-electron chi connectivity index (χ2n) is 6.46. The molecule has 106 valence electrons. The monoisotopic (exact) mass is 270 g/mol. The average molecular weight is 270 g/mol. The van der Waals surface area contributed by atoms with Crippen LogP contribution < -0.4 is 5.32 Å². The summed E-state index contributed by atoms with van der Waals surface area (Å²) in [4.78, 5) is 7.35. The molecular weight excluding hydrogens is 248 g/mol. The summed E-state index contributed by atoms with van der Waals surface area (Å²) in [5.74, 6) is 1.67. The Morgan fingerprint density at radius 2 is 2.20 bits per heavy atom. The van der Waals surface area contributed by atoms with Gasteiger partial charge in [-0.25, -0.2) is 4.98 Å². The van der Waals surface area contributed by atoms with Crippen molar-refractivity contribution in [2.75, 3.05) is 19.6 Å². The minimum atomic E-state index is 0.668. The van der Waals surface area contributed by atoms with E-state index in [2.05, 4.69) is 53.0 Å². The van der Waals surface area contributed by atoms with E-state index >= 15 is 0 Å². The molecule has 0 bridgehead atoms. The summed E-state index contributed by atoms with van der Waals surface area (Å²) in [6.07, 6.45) is 4.33. The number of hydrogen-bond acceptors (Lipinski definition) is 3. The molecule has 2 aliphatic rings. The highest BCUT2D eigenvalue weighted by atomic mass is 15.2. The lowest BCUT2D eigenvalue weighted by Gasteiger charge is -2.23. The molecule has 2 aliphatic heterocycles. The van der Waals surface area contributed by atoms with Gasteiger partial charge in [-0.3, -0.25) is 4.90 Å². The fourth-order valence-electron chi connectivity index (χ4n) is 3.90. The summed E-state index contributed by atoms with van der Waals surface area (Å²) in [6, 6.07) is 4.90. The van der Waals surface area contributed by atoms with E-state index in [-0.39, 0.29) is 0 Å². The summed E-state index contributed by atoms with van der Waals surface area (Å²) in [5, 5.41) is 3.52. The molecule has 2 saturated heterocycles. The molecule has 0 amide bonds. The predicted molar refractivity (Wildman–Crippen MR) is 79.7 cm³/mol. The van der Waals surface area contributed by atoms with Gasteiger partial charge in [0.2, 0.25) is 0 Å². The maximum atomic E-state index is 4.75. The van der Waals surface area contributed by atoms with Gasteiger partial charge in [-0.05, 0) is 50.4 Å². The number of likely N-dealkylation sites (tertiary alicyclic amines) is 1. The van der Waals surface area contributed by atoms with Crippen LogP contribution >= 0.6 is 0 Å². The van der Waals surface area contributed by atoms with Crippen LogP contribution in [-0.2, 0) is 6.54 Å². The molecule has 4 heterocycles. The van der Waals surface area contributed by atoms with Crippen molar-refractivity contribution >= 4 is 5.65 Å². The lowest BCUT2D eigenvalue weighted by Crippen LogP contribution is -2.32. The van der Waals surface area contributed by atoms with Crippen LogP contribution in [0.15, 0.2) is 24.5 Å². The summed E-state index contributed by atoms with van der Waals surface area (Å²) in [7, 11) is 0. The normalized spacial score (nSPS) is 30.2. The Labute approximate surface area is 119 Å². The first-order valence-electron chi connectivity index (χ1n) is 7.60. The Bertz CT molecular complexity index is 632. The van der Waals surface area contributed by atoms with Crippen molar-refractivity contribution in [3.63, 3.8) is 0 Å². The molecular formula is C16H22N4. The SMILES string of the molecule is Cc1ccc2nc(CN3CC4CNCC4C3C)cn2c1. The van der Waals surface area contributed by atoms with Crippen LogP contribution in [0.4, 0.5) is 0 Å². The van der Waals surface area contributed by atoms with E-state index < -0.39 is 0 Å². The molecule has 1 N–H and O–H groups in total. The fraction of sp³-hybridized carbons (Fsp3) is 0.562. The van der Waals surface area contributed by atoms with Gasteiger partial charge in [0.15, 0.2) is 0 Å². The number of imidazole rings is 1. The van der Waals surface area contributed by atoms with Crippen LogP contribution in [0.1, 0.15) is 18.2 Å². The minimum Gasteiger partial charge on any atom is -0.316 e. The molecule has 0 radical (unpaired) electrons. The Hall–Kier alpha value is -1.39. The van der Waals surface area contributed by atoms with Crippen LogP contribution in [0.25, 0.3) is 5.65 Å². The van der Waals surface area contributed by atoms with Gasteiger partial charge in [0.25, 0.3) is 0 Å². The summed E-state index contributed by atoms with van der Waals surface area (Å²) < 4.78 is 2.15. The molecule has 3 unspecified atom stereocenters. The summed E-state index contributed by atoms with van der Waals surface area (Å²) in [5.41, 5.74) is 3.52. The van der Waals surface area contributed by atoms with Gasteiger partial charge in [0.1, 0.15) is 5.65 Å². The molecule has 4 heteroatoms. The average Bonchev–Trinajstić information content (AvgIpc) is 3.08. The molecule has 4 rings (SSSR count). The second kappa shape index (κ2) is 4.57. The molecule has 2 aromatic heterocycles. The number of hydrogen-bond donors (Lipinski definition) is 1. The van der Waals surface area contributed by atoms with Gasteiger partial charge in [-0.2, -0.15) is 0 Å². The van der Waals surface area contributed by atoms with Crippen molar-refractivity contribution in [1.29, 1.82) is 0 Å². The third-order valence-corrected chi connectivity index (χ3v) is 5.07. The zero-order chi connectivity index (χ0) is 13.7. The fourth-order valence-corrected chi connectivity index (χ4v) is 3.90. The Morgan fingerprint density at radius 1 is 1.30 bits per heavy atom. The number of nitrogens with zero attached hydrogens (tertiary/aromatic N) is 3. The zero-order valence-electron chi connectivity index (χ0n) is 12.2. The van der Waals surface area contributed by atoms with Crippen LogP contribution in [0, 0.1) is 18.8 Å². The Kier molecular flexibility index (Phi) is 2.82. The van der Waals surface area contributed by atoms with E-state index in [9.17, 15) is 0 Å². The highest BCUT2D eigenvalue weighted by molar-refractivity contribution is 5.41. The van der Waals surface area contributed by atoms with Crippen LogP contribution in [0.2, 0.25) is 0 Å². The van der Waals surface area contributed by atoms with Gasteiger partial charge in [-0.1, -0.05) is 6.07 Å². The van der Waals surface area contributed by atoms with Crippen molar-refractivity contribution < 1.29 is 0 Å². The number of aromatic nitrogens is 2. The molecule has 0 aliphatic carbocycles. The first-order chi connectivity index (χ1) is 9.70. The highest BCUT2D eigenvalue weighted by Gasteiger charge is 2.41. The van der Waals surface area contributed by atoms with E-state index in [4.69, 9.17) is 4.98 Å². The van der Waals surface area contributed by atoms with E-state index in [1.165, 1.54) is 30.9 Å². The van der Waals surface area contributed by atoms with Crippen LogP contribution in [0.3, 0.4) is 0 Å². The second-order valence-corrected chi connectivity index (χ2v) is 6.46. The molecule has 3 atom stereocenters. The van der Waals surface area contributed by atoms with E-state index in [0.717, 1.165) is 24.0 Å². The van der Waals surface area contributed by atoms with Crippen LogP contribution in [-0.4, -0.2) is 40.0 Å². The van der Waals surface area contributed by atoms with E-state index in [1.54, 1.807) is 0 Å². The first kappa shape index (κ1) is 12.4. The number of aryl methyl sites for hydroxylation is 1. The van der Waals surface area contributed by atoms with Gasteiger partial charge in [0, 0.05) is 31.5 Å². The maximum Gasteiger partial charge on any atom is 0.137 e. The first-order valence-corrected chi connectivity index (χ1v) is 7.60. The van der Waals surface area contributed by atoms with Crippen molar-refractivity contribution in [1.82, 2.24) is 19.6 Å². The lowest BCUT2D eigenvalue weighted by molar-refractivity contribution is 0.229. The highest BCUT2D eigenvalue weighted by Crippen LogP contribution is 2.33. The summed E-state index contributed by atoms with van der Waals surface area (Å²) >= 11 is 0. The van der Waals surface area contributed by atoms with Crippen molar-refractivity contribution in [2.45, 2.75) is 26.4 Å². The summed E-state index contributed by atoms with van der Waals surface area (Å²) in [6.45, 7) is 9.07. The van der Waals surface area contributed by atoms with E-state index in [0.29, 0.717) is 6.04 Å². The molecule has 0 aromatic carbocycles. The van der Waals surface area contributed by atoms with Gasteiger partial charge >= 0.3 is 0 Å². The number of rotatable bonds is 2. The van der Waals surface area contributed by atoms with Gasteiger partial charge in [0.05, 0.1) is 5.69 Å². The topological polar surface area (TPSA) is 32.6 Å². The molecule has 20 heavy (non-hydrogen) atoms. The number of fused-ring (bicyclic) bond motifs is 2. The van der Waals surface area contributed by atoms with Crippen LogP contribution in [0.5, 0.6) is 0 Å². The predicted octanol–water partition coefficient (Wildman–Crippen LogP) is 1.68. The third-order valence-electron chi connectivity index (χ3n) is 5.07. The van der Waals surface area contributed by atoms with E-state index in [1.807, 2.05) is 0 Å². The Balaban J connectivity index is 1.55. The minimum absolute atomic E-state index is 0.668. The van der Waals surface area contributed by atoms with Gasteiger partial charge in [-0.15, -0.1) is 0 Å². The molecule has 2 aromatic rings. The standard InChI is InChI=1S/C16H22N4/c1-11-3-4-16-18-14(10-20(16)7-11)9-19-8-13-5-17-6-15(13)12(19)2/h3-4,7,10,12-13,15,17H,5-6,8-9H2,1-2H3. The maximum absolute atomic E-state index is 4.75. The van der Waals surface area contributed by atoms with Crippen molar-refractivity contribution in [3.05, 3.63) is 35.8 Å². The van der Waals surface area contributed by atoms with Crippen molar-refractivity contribution in [3.8, 4) is 0 Å². The molecule has 2 fully saturated rings. The third kappa shape index (κ3) is 1.95. The lowest BCUT2D eigenvalue weighted by atomic mass is 9.95. The van der Waals surface area contributed by atoms with Crippen molar-refractivity contribution in [2.24, 2.45) is 11.8 Å². The largest absolute Gasteiger partial charge is 0.316 e. The Morgan fingerprint density at radius 3 is 3.05 bits per heavy atom. The smallest absolute Gasteiger partial charge is 0.137 e. The zero-order valence-corrected chi connectivity index (χ0v) is 12.2. The number of nitrogens with one attached hydrogen (secondary N) is 1. The molecule has 0 spiro atoms.